The van der Waals surface area contributed by atoms with Crippen molar-refractivity contribution in [1.29, 1.82) is 0 Å². The second-order valence-corrected chi connectivity index (χ2v) is 4.26. The van der Waals surface area contributed by atoms with Crippen LogP contribution >= 0.6 is 11.8 Å². The Labute approximate surface area is 104 Å². The summed E-state index contributed by atoms with van der Waals surface area (Å²) in [5, 5.41) is 9.60. The van der Waals surface area contributed by atoms with E-state index in [1.54, 1.807) is 24.2 Å². The van der Waals surface area contributed by atoms with Crippen molar-refractivity contribution in [1.82, 2.24) is 9.97 Å². The van der Waals surface area contributed by atoms with Crippen LogP contribution in [0.3, 0.4) is 0 Å². The van der Waals surface area contributed by atoms with Crippen molar-refractivity contribution in [2.45, 2.75) is 10.9 Å². The van der Waals surface area contributed by atoms with Gasteiger partial charge in [0.05, 0.1) is 0 Å². The number of rotatable bonds is 3. The molecule has 17 heavy (non-hydrogen) atoms. The molecule has 86 valence electrons. The number of aliphatic hydroxyl groups is 1. The van der Waals surface area contributed by atoms with Gasteiger partial charge < -0.3 is 10.1 Å². The maximum atomic E-state index is 8.70. The van der Waals surface area contributed by atoms with E-state index in [0.29, 0.717) is 0 Å². The maximum absolute atomic E-state index is 8.70. The number of aromatic amines is 1. The molecule has 1 aromatic carbocycles. The molecule has 0 aliphatic carbocycles. The Morgan fingerprint density at radius 2 is 2.24 bits per heavy atom. The SMILES string of the molecule is OCC#Cc1ccccc1CSc1ncc[nH]1. The third-order valence-corrected chi connectivity index (χ3v) is 3.11. The van der Waals surface area contributed by atoms with E-state index in [2.05, 4.69) is 21.8 Å². The van der Waals surface area contributed by atoms with Gasteiger partial charge in [-0.25, -0.2) is 4.98 Å². The zero-order chi connectivity index (χ0) is 11.9. The highest BCUT2D eigenvalue weighted by atomic mass is 32.2. The van der Waals surface area contributed by atoms with E-state index in [-0.39, 0.29) is 6.61 Å². The second-order valence-electron chi connectivity index (χ2n) is 3.30. The van der Waals surface area contributed by atoms with E-state index in [0.717, 1.165) is 22.0 Å². The van der Waals surface area contributed by atoms with Gasteiger partial charge in [-0.3, -0.25) is 0 Å². The first-order valence-corrected chi connectivity index (χ1v) is 6.18. The number of hydrogen-bond acceptors (Lipinski definition) is 3. The molecule has 0 fully saturated rings. The number of nitrogens with one attached hydrogen (secondary N) is 1. The molecule has 4 heteroatoms. The van der Waals surface area contributed by atoms with Crippen LogP contribution in [0.15, 0.2) is 41.8 Å². The zero-order valence-electron chi connectivity index (χ0n) is 9.18. The summed E-state index contributed by atoms with van der Waals surface area (Å²) in [5.74, 6) is 6.43. The molecule has 1 heterocycles. The summed E-state index contributed by atoms with van der Waals surface area (Å²) >= 11 is 1.63. The van der Waals surface area contributed by atoms with E-state index < -0.39 is 0 Å². The highest BCUT2D eigenvalue weighted by Gasteiger charge is 2.01. The average Bonchev–Trinajstić information content (AvgIpc) is 2.88. The van der Waals surface area contributed by atoms with Gasteiger partial charge >= 0.3 is 0 Å². The molecule has 0 amide bonds. The molecule has 2 aromatic rings. The summed E-state index contributed by atoms with van der Waals surface area (Å²) in [7, 11) is 0. The van der Waals surface area contributed by atoms with Crippen LogP contribution in [-0.4, -0.2) is 21.7 Å². The lowest BCUT2D eigenvalue weighted by molar-refractivity contribution is 0.350. The summed E-state index contributed by atoms with van der Waals surface area (Å²) in [6, 6.07) is 7.93. The van der Waals surface area contributed by atoms with Gasteiger partial charge in [-0.15, -0.1) is 0 Å². The zero-order valence-corrected chi connectivity index (χ0v) is 10.00. The summed E-state index contributed by atoms with van der Waals surface area (Å²) in [5.41, 5.74) is 2.11. The standard InChI is InChI=1S/C13H12N2OS/c16-9-3-6-11-4-1-2-5-12(11)10-17-13-14-7-8-15-13/h1-2,4-5,7-8,16H,9-10H2,(H,14,15). The van der Waals surface area contributed by atoms with E-state index in [1.807, 2.05) is 24.3 Å². The number of aliphatic hydroxyl groups excluding tert-OH is 1. The lowest BCUT2D eigenvalue weighted by Gasteiger charge is -2.02. The molecule has 2 rings (SSSR count). The lowest BCUT2D eigenvalue weighted by atomic mass is 10.1. The number of aromatic nitrogens is 2. The molecule has 0 spiro atoms. The normalized spacial score (nSPS) is 9.71. The molecule has 0 bridgehead atoms. The maximum Gasteiger partial charge on any atom is 0.165 e. The predicted octanol–water partition coefficient (Wildman–Crippen LogP) is 2.05. The van der Waals surface area contributed by atoms with Gasteiger partial charge in [0.25, 0.3) is 0 Å². The van der Waals surface area contributed by atoms with E-state index in [1.165, 1.54) is 0 Å². The minimum Gasteiger partial charge on any atom is -0.384 e. The fraction of sp³-hybridized carbons (Fsp3) is 0.154. The van der Waals surface area contributed by atoms with Crippen LogP contribution in [0.4, 0.5) is 0 Å². The fourth-order valence-electron chi connectivity index (χ4n) is 1.38. The molecule has 0 radical (unpaired) electrons. The molecular weight excluding hydrogens is 232 g/mol. The Morgan fingerprint density at radius 1 is 1.35 bits per heavy atom. The predicted molar refractivity (Wildman–Crippen MR) is 68.6 cm³/mol. The number of H-pyrrole nitrogens is 1. The molecule has 2 N–H and O–H groups in total. The van der Waals surface area contributed by atoms with Crippen LogP contribution in [0, 0.1) is 11.8 Å². The van der Waals surface area contributed by atoms with Crippen molar-refractivity contribution in [2.75, 3.05) is 6.61 Å². The van der Waals surface area contributed by atoms with Crippen LogP contribution in [0.2, 0.25) is 0 Å². The third-order valence-electron chi connectivity index (χ3n) is 2.16. The minimum atomic E-state index is -0.111. The van der Waals surface area contributed by atoms with Gasteiger partial charge in [0.15, 0.2) is 5.16 Å². The van der Waals surface area contributed by atoms with Crippen molar-refractivity contribution in [3.05, 3.63) is 47.8 Å². The van der Waals surface area contributed by atoms with Crippen molar-refractivity contribution < 1.29 is 5.11 Å². The molecule has 3 nitrogen and oxygen atoms in total. The Kier molecular flexibility index (Phi) is 4.25. The topological polar surface area (TPSA) is 48.9 Å². The molecule has 1 aromatic heterocycles. The van der Waals surface area contributed by atoms with Crippen LogP contribution in [0.25, 0.3) is 0 Å². The first-order chi connectivity index (χ1) is 8.40. The van der Waals surface area contributed by atoms with E-state index in [4.69, 9.17) is 5.11 Å². The average molecular weight is 244 g/mol. The van der Waals surface area contributed by atoms with Crippen LogP contribution in [0.1, 0.15) is 11.1 Å². The molecular formula is C13H12N2OS. The number of benzene rings is 1. The highest BCUT2D eigenvalue weighted by molar-refractivity contribution is 7.98. The van der Waals surface area contributed by atoms with Crippen LogP contribution < -0.4 is 0 Å². The molecule has 0 atom stereocenters. The van der Waals surface area contributed by atoms with Gasteiger partial charge in [0.2, 0.25) is 0 Å². The Hall–Kier alpha value is -1.70. The first kappa shape index (κ1) is 11.8. The van der Waals surface area contributed by atoms with Gasteiger partial charge in [0.1, 0.15) is 6.61 Å². The summed E-state index contributed by atoms with van der Waals surface area (Å²) in [6.45, 7) is -0.111. The quantitative estimate of drug-likeness (QED) is 0.641. The summed E-state index contributed by atoms with van der Waals surface area (Å²) in [6.07, 6.45) is 3.54. The highest BCUT2D eigenvalue weighted by Crippen LogP contribution is 2.20. The molecule has 0 saturated heterocycles. The Bertz CT molecular complexity index is 526. The van der Waals surface area contributed by atoms with Crippen molar-refractivity contribution in [2.24, 2.45) is 0 Å². The number of thioether (sulfide) groups is 1. The van der Waals surface area contributed by atoms with E-state index >= 15 is 0 Å². The van der Waals surface area contributed by atoms with Crippen LogP contribution in [0.5, 0.6) is 0 Å². The lowest BCUT2D eigenvalue weighted by Crippen LogP contribution is -1.88. The summed E-state index contributed by atoms with van der Waals surface area (Å²) < 4.78 is 0. The summed E-state index contributed by atoms with van der Waals surface area (Å²) in [4.78, 5) is 7.20. The molecule has 0 saturated carbocycles. The Morgan fingerprint density at radius 3 is 3.00 bits per heavy atom. The van der Waals surface area contributed by atoms with Gasteiger partial charge in [-0.1, -0.05) is 41.8 Å². The van der Waals surface area contributed by atoms with Crippen molar-refractivity contribution in [3.63, 3.8) is 0 Å². The van der Waals surface area contributed by atoms with Crippen molar-refractivity contribution >= 4 is 11.8 Å². The molecule has 0 aliphatic rings. The number of imidazole rings is 1. The van der Waals surface area contributed by atoms with Crippen LogP contribution in [-0.2, 0) is 5.75 Å². The van der Waals surface area contributed by atoms with Gasteiger partial charge in [-0.2, -0.15) is 0 Å². The largest absolute Gasteiger partial charge is 0.384 e. The van der Waals surface area contributed by atoms with E-state index in [9.17, 15) is 0 Å². The molecule has 0 aliphatic heterocycles. The van der Waals surface area contributed by atoms with Gasteiger partial charge in [0, 0.05) is 23.7 Å². The fourth-order valence-corrected chi connectivity index (χ4v) is 2.21. The Balaban J connectivity index is 2.09. The monoisotopic (exact) mass is 244 g/mol. The number of hydrogen-bond donors (Lipinski definition) is 2. The second kappa shape index (κ2) is 6.14. The van der Waals surface area contributed by atoms with Gasteiger partial charge in [-0.05, 0) is 11.6 Å². The van der Waals surface area contributed by atoms with Crippen molar-refractivity contribution in [3.8, 4) is 11.8 Å². The first-order valence-electron chi connectivity index (χ1n) is 5.20. The third kappa shape index (κ3) is 3.38. The molecule has 0 unspecified atom stereocenters. The minimum absolute atomic E-state index is 0.111. The number of nitrogens with zero attached hydrogens (tertiary/aromatic N) is 1. The smallest absolute Gasteiger partial charge is 0.165 e.